The number of fused-ring (bicyclic) bond motifs is 1. The predicted molar refractivity (Wildman–Crippen MR) is 109 cm³/mol. The molecular formula is C20H14ClN3O2S. The van der Waals surface area contributed by atoms with E-state index in [9.17, 15) is 4.79 Å². The first kappa shape index (κ1) is 17.5. The second-order valence-corrected chi connectivity index (χ2v) is 7.19. The smallest absolute Gasteiger partial charge is 0.291 e. The maximum absolute atomic E-state index is 12.5. The SMILES string of the molecule is COc1ccc(/C=C/c2nc3s/c(=C\c4cccc(Cl)c4)c(=O)n3n2)cc1. The molecule has 0 aliphatic carbocycles. The van der Waals surface area contributed by atoms with E-state index < -0.39 is 0 Å². The number of methoxy groups -OCH3 is 1. The Kier molecular flexibility index (Phi) is 4.75. The number of halogens is 1. The quantitative estimate of drug-likeness (QED) is 0.530. The summed E-state index contributed by atoms with van der Waals surface area (Å²) in [7, 11) is 1.63. The molecule has 4 rings (SSSR count). The minimum absolute atomic E-state index is 0.188. The van der Waals surface area contributed by atoms with Gasteiger partial charge in [-0.3, -0.25) is 4.79 Å². The van der Waals surface area contributed by atoms with Gasteiger partial charge in [0.15, 0.2) is 5.82 Å². The van der Waals surface area contributed by atoms with E-state index >= 15 is 0 Å². The second-order valence-electron chi connectivity index (χ2n) is 5.74. The lowest BCUT2D eigenvalue weighted by Gasteiger charge is -1.98. The summed E-state index contributed by atoms with van der Waals surface area (Å²) in [5.41, 5.74) is 1.67. The average molecular weight is 396 g/mol. The lowest BCUT2D eigenvalue weighted by molar-refractivity contribution is 0.415. The lowest BCUT2D eigenvalue weighted by atomic mass is 10.2. The Morgan fingerprint density at radius 3 is 2.63 bits per heavy atom. The number of nitrogens with zero attached hydrogens (tertiary/aromatic N) is 3. The first-order valence-electron chi connectivity index (χ1n) is 8.11. The minimum atomic E-state index is -0.188. The molecule has 134 valence electrons. The monoisotopic (exact) mass is 395 g/mol. The minimum Gasteiger partial charge on any atom is -0.497 e. The van der Waals surface area contributed by atoms with Crippen LogP contribution < -0.4 is 14.8 Å². The molecule has 0 N–H and O–H groups in total. The third-order valence-corrected chi connectivity index (χ3v) is 5.08. The molecule has 0 atom stereocenters. The van der Waals surface area contributed by atoms with Crippen LogP contribution in [-0.2, 0) is 0 Å². The van der Waals surface area contributed by atoms with Gasteiger partial charge in [-0.05, 0) is 47.5 Å². The van der Waals surface area contributed by atoms with Crippen molar-refractivity contribution in [2.45, 2.75) is 0 Å². The molecular weight excluding hydrogens is 382 g/mol. The van der Waals surface area contributed by atoms with Crippen molar-refractivity contribution >= 4 is 46.1 Å². The molecule has 0 fully saturated rings. The van der Waals surface area contributed by atoms with E-state index in [-0.39, 0.29) is 5.56 Å². The molecule has 0 aliphatic heterocycles. The third-order valence-electron chi connectivity index (χ3n) is 3.89. The zero-order valence-electron chi connectivity index (χ0n) is 14.3. The van der Waals surface area contributed by atoms with Gasteiger partial charge in [-0.25, -0.2) is 0 Å². The van der Waals surface area contributed by atoms with Gasteiger partial charge >= 0.3 is 0 Å². The highest BCUT2D eigenvalue weighted by atomic mass is 35.5. The van der Waals surface area contributed by atoms with Crippen molar-refractivity contribution in [2.24, 2.45) is 0 Å². The van der Waals surface area contributed by atoms with Crippen LogP contribution in [0.3, 0.4) is 0 Å². The Hall–Kier alpha value is -2.96. The van der Waals surface area contributed by atoms with Crippen molar-refractivity contribution in [2.75, 3.05) is 7.11 Å². The van der Waals surface area contributed by atoms with E-state index in [2.05, 4.69) is 10.1 Å². The lowest BCUT2D eigenvalue weighted by Crippen LogP contribution is -2.23. The molecule has 5 nitrogen and oxygen atoms in total. The molecule has 0 unspecified atom stereocenters. The number of thiazole rings is 1. The Labute approximate surface area is 163 Å². The highest BCUT2D eigenvalue weighted by Crippen LogP contribution is 2.14. The van der Waals surface area contributed by atoms with Crippen LogP contribution in [0.5, 0.6) is 5.75 Å². The number of hydrogen-bond acceptors (Lipinski definition) is 5. The van der Waals surface area contributed by atoms with Crippen LogP contribution in [0.1, 0.15) is 17.0 Å². The summed E-state index contributed by atoms with van der Waals surface area (Å²) in [4.78, 5) is 17.5. The molecule has 0 spiro atoms. The van der Waals surface area contributed by atoms with Gasteiger partial charge in [0.25, 0.3) is 5.56 Å². The van der Waals surface area contributed by atoms with Gasteiger partial charge in [-0.15, -0.1) is 5.10 Å². The predicted octanol–water partition coefficient (Wildman–Crippen LogP) is 3.53. The molecule has 0 radical (unpaired) electrons. The fraction of sp³-hybridized carbons (Fsp3) is 0.0500. The number of benzene rings is 2. The molecule has 2 aromatic carbocycles. The van der Waals surface area contributed by atoms with E-state index in [1.165, 1.54) is 15.9 Å². The third kappa shape index (κ3) is 3.77. The summed E-state index contributed by atoms with van der Waals surface area (Å²) in [6, 6.07) is 15.0. The molecule has 2 heterocycles. The highest BCUT2D eigenvalue weighted by Gasteiger charge is 2.08. The number of aromatic nitrogens is 3. The zero-order chi connectivity index (χ0) is 18.8. The maximum Gasteiger partial charge on any atom is 0.291 e. The van der Waals surface area contributed by atoms with Crippen LogP contribution in [0.2, 0.25) is 5.02 Å². The first-order chi connectivity index (χ1) is 13.1. The van der Waals surface area contributed by atoms with Crippen LogP contribution in [0.4, 0.5) is 0 Å². The van der Waals surface area contributed by atoms with Gasteiger partial charge in [-0.2, -0.15) is 9.50 Å². The molecule has 4 aromatic rings. The van der Waals surface area contributed by atoms with E-state index in [0.29, 0.717) is 20.3 Å². The second kappa shape index (κ2) is 7.34. The van der Waals surface area contributed by atoms with Crippen LogP contribution in [-0.4, -0.2) is 21.7 Å². The molecule has 2 aromatic heterocycles. The van der Waals surface area contributed by atoms with E-state index in [4.69, 9.17) is 16.3 Å². The van der Waals surface area contributed by atoms with Crippen molar-refractivity contribution in [3.8, 4) is 5.75 Å². The van der Waals surface area contributed by atoms with Crippen LogP contribution in [0.15, 0.2) is 53.3 Å². The van der Waals surface area contributed by atoms with Gasteiger partial charge in [0.2, 0.25) is 4.96 Å². The standard InChI is InChI=1S/C20H14ClN3O2S/c1-26-16-8-5-13(6-9-16)7-10-18-22-20-24(23-18)19(25)17(27-20)12-14-3-2-4-15(21)11-14/h2-12H,1H3/b10-7+,17-12-. The fourth-order valence-electron chi connectivity index (χ4n) is 2.55. The summed E-state index contributed by atoms with van der Waals surface area (Å²) in [5.74, 6) is 1.29. The van der Waals surface area contributed by atoms with Gasteiger partial charge in [0.1, 0.15) is 5.75 Å². The molecule has 27 heavy (non-hydrogen) atoms. The largest absolute Gasteiger partial charge is 0.497 e. The van der Waals surface area contributed by atoms with Gasteiger partial charge in [0.05, 0.1) is 11.6 Å². The molecule has 0 saturated carbocycles. The van der Waals surface area contributed by atoms with E-state index in [1.54, 1.807) is 31.4 Å². The zero-order valence-corrected chi connectivity index (χ0v) is 15.9. The Morgan fingerprint density at radius 1 is 1.11 bits per heavy atom. The fourth-order valence-corrected chi connectivity index (χ4v) is 3.67. The van der Waals surface area contributed by atoms with E-state index in [0.717, 1.165) is 16.9 Å². The summed E-state index contributed by atoms with van der Waals surface area (Å²) in [5, 5.41) is 4.91. The van der Waals surface area contributed by atoms with Crippen LogP contribution in [0.25, 0.3) is 23.2 Å². The Morgan fingerprint density at radius 2 is 1.93 bits per heavy atom. The Bertz CT molecular complexity index is 1240. The summed E-state index contributed by atoms with van der Waals surface area (Å²) in [6.45, 7) is 0. The van der Waals surface area contributed by atoms with Crippen LogP contribution in [0, 0.1) is 0 Å². The van der Waals surface area contributed by atoms with Crippen molar-refractivity contribution in [1.29, 1.82) is 0 Å². The van der Waals surface area contributed by atoms with Gasteiger partial charge in [0, 0.05) is 5.02 Å². The number of rotatable bonds is 4. The molecule has 0 bridgehead atoms. The molecule has 7 heteroatoms. The van der Waals surface area contributed by atoms with Crippen LogP contribution >= 0.6 is 22.9 Å². The summed E-state index contributed by atoms with van der Waals surface area (Å²) in [6.07, 6.45) is 5.46. The Balaban J connectivity index is 1.64. The van der Waals surface area contributed by atoms with Crippen molar-refractivity contribution < 1.29 is 4.74 Å². The number of ether oxygens (including phenoxy) is 1. The molecule has 0 saturated heterocycles. The first-order valence-corrected chi connectivity index (χ1v) is 9.31. The maximum atomic E-state index is 12.5. The highest BCUT2D eigenvalue weighted by molar-refractivity contribution is 7.15. The molecule has 0 amide bonds. The summed E-state index contributed by atoms with van der Waals surface area (Å²) < 4.78 is 7.03. The molecule has 0 aliphatic rings. The van der Waals surface area contributed by atoms with Crippen molar-refractivity contribution in [3.05, 3.63) is 85.4 Å². The normalized spacial score (nSPS) is 12.3. The van der Waals surface area contributed by atoms with Crippen molar-refractivity contribution in [1.82, 2.24) is 14.6 Å². The number of hydrogen-bond donors (Lipinski definition) is 0. The topological polar surface area (TPSA) is 56.5 Å². The van der Waals surface area contributed by atoms with Gasteiger partial charge in [-0.1, -0.05) is 53.3 Å². The van der Waals surface area contributed by atoms with Crippen molar-refractivity contribution in [3.63, 3.8) is 0 Å². The average Bonchev–Trinajstić information content (AvgIpc) is 3.20. The summed E-state index contributed by atoms with van der Waals surface area (Å²) >= 11 is 7.29. The van der Waals surface area contributed by atoms with E-state index in [1.807, 2.05) is 42.5 Å². The van der Waals surface area contributed by atoms with Gasteiger partial charge < -0.3 is 4.74 Å².